The Bertz CT molecular complexity index is 1660. The second-order valence-corrected chi connectivity index (χ2v) is 28.5. The molecule has 0 radical (unpaired) electrons. The second-order valence-electron chi connectivity index (χ2n) is 28.5. The summed E-state index contributed by atoms with van der Waals surface area (Å²) in [5.41, 5.74) is -8.06. The average molecular weight is 1100 g/mol. The summed E-state index contributed by atoms with van der Waals surface area (Å²) in [7, 11) is 0. The lowest BCUT2D eigenvalue weighted by molar-refractivity contribution is -0.0746. The van der Waals surface area contributed by atoms with Crippen LogP contribution >= 0.6 is 0 Å². The van der Waals surface area contributed by atoms with Gasteiger partial charge >= 0.3 is 0 Å². The Balaban J connectivity index is 4.52. The van der Waals surface area contributed by atoms with Gasteiger partial charge in [-0.25, -0.2) is 0 Å². The fourth-order valence-corrected chi connectivity index (χ4v) is 11.1. The molecule has 0 aliphatic heterocycles. The van der Waals surface area contributed by atoms with Crippen LogP contribution in [0.3, 0.4) is 0 Å². The van der Waals surface area contributed by atoms with Crippen molar-refractivity contribution in [1.29, 1.82) is 0 Å². The van der Waals surface area contributed by atoms with E-state index in [1.54, 1.807) is 27.7 Å². The number of aliphatic hydroxyl groups excluding tert-OH is 1. The van der Waals surface area contributed by atoms with Crippen LogP contribution in [-0.2, 0) is 0 Å². The monoisotopic (exact) mass is 1100 g/mol. The topological polar surface area (TPSA) is 243 Å². The molecule has 0 saturated carbocycles. The molecule has 0 fully saturated rings. The van der Waals surface area contributed by atoms with Crippen molar-refractivity contribution in [2.75, 3.05) is 0 Å². The highest BCUT2D eigenvalue weighted by molar-refractivity contribution is 5.02. The van der Waals surface area contributed by atoms with E-state index in [9.17, 15) is 61.3 Å². The summed E-state index contributed by atoms with van der Waals surface area (Å²) >= 11 is 0. The van der Waals surface area contributed by atoms with Crippen molar-refractivity contribution in [2.45, 2.75) is 377 Å². The highest BCUT2D eigenvalue weighted by Crippen LogP contribution is 2.34. The molecule has 0 aromatic carbocycles. The van der Waals surface area contributed by atoms with E-state index in [2.05, 4.69) is 26.5 Å². The molecule has 0 aliphatic rings. The maximum atomic E-state index is 11.2. The zero-order chi connectivity index (χ0) is 59.7. The Morgan fingerprint density at radius 3 is 0.792 bits per heavy atom. The fraction of sp³-hybridized carbons (Fsp3) is 0.908. The van der Waals surface area contributed by atoms with Gasteiger partial charge in [0.05, 0.1) is 67.7 Å². The summed E-state index contributed by atoms with van der Waals surface area (Å²) in [5, 5.41) is 132. The molecular weight excluding hydrogens is 973 g/mol. The van der Waals surface area contributed by atoms with Gasteiger partial charge in [0.25, 0.3) is 0 Å². The predicted octanol–water partition coefficient (Wildman–Crippen LogP) is 12.6. The molecule has 0 aromatic heterocycles. The smallest absolute Gasteiger partial charge is 0.0877 e. The van der Waals surface area contributed by atoms with Crippen molar-refractivity contribution in [3.05, 3.63) is 36.0 Å². The van der Waals surface area contributed by atoms with Gasteiger partial charge in [0.15, 0.2) is 0 Å². The first-order valence-corrected chi connectivity index (χ1v) is 30.4. The van der Waals surface area contributed by atoms with E-state index in [4.69, 9.17) is 0 Å². The van der Waals surface area contributed by atoms with Gasteiger partial charge in [-0.1, -0.05) is 29.4 Å². The third-order valence-electron chi connectivity index (χ3n) is 17.2. The highest BCUT2D eigenvalue weighted by atomic mass is 16.3. The lowest BCUT2D eigenvalue weighted by Gasteiger charge is -2.32. The van der Waals surface area contributed by atoms with Crippen LogP contribution in [-0.4, -0.2) is 129 Å². The van der Waals surface area contributed by atoms with Crippen LogP contribution in [0.15, 0.2) is 36.0 Å². The van der Waals surface area contributed by atoms with E-state index >= 15 is 0 Å². The molecule has 12 nitrogen and oxygen atoms in total. The largest absolute Gasteiger partial charge is 0.390 e. The normalized spacial score (nSPS) is 21.7. The van der Waals surface area contributed by atoms with Crippen molar-refractivity contribution in [2.24, 2.45) is 0 Å². The first-order chi connectivity index (χ1) is 34.9. The van der Waals surface area contributed by atoms with E-state index in [1.807, 2.05) is 61.5 Å². The fourth-order valence-electron chi connectivity index (χ4n) is 11.1. The summed E-state index contributed by atoms with van der Waals surface area (Å²) in [5.74, 6) is 0. The van der Waals surface area contributed by atoms with Gasteiger partial charge in [0.2, 0.25) is 0 Å². The van der Waals surface area contributed by atoms with Gasteiger partial charge < -0.3 is 61.3 Å². The number of allylic oxidation sites excluding steroid dienone is 4. The molecule has 0 amide bonds. The highest BCUT2D eigenvalue weighted by Gasteiger charge is 2.34. The van der Waals surface area contributed by atoms with E-state index in [1.165, 1.54) is 11.6 Å². The molecular formula is C65H126O12. The molecule has 0 saturated heterocycles. The molecule has 0 spiro atoms. The van der Waals surface area contributed by atoms with Crippen molar-refractivity contribution in [3.63, 3.8) is 0 Å². The summed E-state index contributed by atoms with van der Waals surface area (Å²) in [6.07, 6.45) is 23.8. The molecule has 0 rings (SSSR count). The summed E-state index contributed by atoms with van der Waals surface area (Å²) in [4.78, 5) is 0. The third-order valence-corrected chi connectivity index (χ3v) is 17.2. The van der Waals surface area contributed by atoms with Crippen molar-refractivity contribution >= 4 is 0 Å². The van der Waals surface area contributed by atoms with Crippen molar-refractivity contribution in [1.82, 2.24) is 0 Å². The Morgan fingerprint density at radius 2 is 0.558 bits per heavy atom. The third kappa shape index (κ3) is 40.6. The van der Waals surface area contributed by atoms with Crippen LogP contribution in [0.5, 0.6) is 0 Å². The summed E-state index contributed by atoms with van der Waals surface area (Å²) < 4.78 is 0. The zero-order valence-corrected chi connectivity index (χ0v) is 52.2. The van der Waals surface area contributed by atoms with Crippen molar-refractivity contribution < 1.29 is 61.3 Å². The molecule has 458 valence electrons. The molecule has 0 unspecified atom stereocenters. The van der Waals surface area contributed by atoms with Crippen LogP contribution in [0.4, 0.5) is 0 Å². The molecule has 12 N–H and O–H groups in total. The van der Waals surface area contributed by atoms with E-state index in [0.717, 1.165) is 18.4 Å². The maximum absolute atomic E-state index is 11.2. The number of hydrogen-bond acceptors (Lipinski definition) is 12. The molecule has 0 heterocycles. The van der Waals surface area contributed by atoms with Crippen LogP contribution in [0, 0.1) is 0 Å². The Labute approximate surface area is 472 Å². The zero-order valence-electron chi connectivity index (χ0n) is 52.2. The second kappa shape index (κ2) is 33.7. The average Bonchev–Trinajstić information content (AvgIpc) is 3.23. The van der Waals surface area contributed by atoms with Gasteiger partial charge in [-0.3, -0.25) is 0 Å². The minimum absolute atomic E-state index is 0.347. The van der Waals surface area contributed by atoms with Gasteiger partial charge in [-0.15, -0.1) is 6.58 Å². The SMILES string of the molecule is C=C[C@](C)(O)CC/C=C(\C)CC[C@@H](O)[C@](C)(O)CCC[C@](C)(O)CCC[C@](C)(O)CCC[C@](C)(O)CCC[C@](C)(O)CCC[C@](C)(O)CCC[C@](C)(O)CCC[C@@](C)(O)CCC[C@](C)(O)CCC[C@](C)(O)CCC=C(C)C. The summed E-state index contributed by atoms with van der Waals surface area (Å²) in [6, 6.07) is 0. The molecule has 0 bridgehead atoms. The van der Waals surface area contributed by atoms with Gasteiger partial charge in [0.1, 0.15) is 0 Å². The number of rotatable bonds is 47. The maximum Gasteiger partial charge on any atom is 0.0877 e. The van der Waals surface area contributed by atoms with Gasteiger partial charge in [-0.2, -0.15) is 0 Å². The van der Waals surface area contributed by atoms with Gasteiger partial charge in [-0.05, 0) is 309 Å². The molecule has 77 heavy (non-hydrogen) atoms. The van der Waals surface area contributed by atoms with E-state index in [0.29, 0.717) is 199 Å². The number of aliphatic hydroxyl groups is 12. The first kappa shape index (κ1) is 75.7. The van der Waals surface area contributed by atoms with E-state index in [-0.39, 0.29) is 0 Å². The Morgan fingerprint density at radius 1 is 0.338 bits per heavy atom. The van der Waals surface area contributed by atoms with Gasteiger partial charge in [0, 0.05) is 0 Å². The minimum atomic E-state index is -1.29. The molecule has 12 atom stereocenters. The summed E-state index contributed by atoms with van der Waals surface area (Å²) in [6.45, 7) is 29.5. The van der Waals surface area contributed by atoms with E-state index < -0.39 is 67.7 Å². The lowest BCUT2D eigenvalue weighted by atomic mass is 9.83. The molecule has 12 heteroatoms. The minimum Gasteiger partial charge on any atom is -0.390 e. The van der Waals surface area contributed by atoms with Crippen LogP contribution in [0.1, 0.15) is 309 Å². The molecule has 0 aromatic rings. The quantitative estimate of drug-likeness (QED) is 0.0255. The van der Waals surface area contributed by atoms with Crippen LogP contribution in [0.25, 0.3) is 0 Å². The Kier molecular flexibility index (Phi) is 33.2. The molecule has 0 aliphatic carbocycles. The van der Waals surface area contributed by atoms with Crippen LogP contribution in [0.2, 0.25) is 0 Å². The first-order valence-electron chi connectivity index (χ1n) is 30.4. The standard InChI is InChI=1S/C65H126O12/c1-16-55(5,67)32-18-29-53(4)30-31-54(66)65(15,77)51-27-50-64(14,76)49-26-48-63(13,75)47-25-46-62(12,74)45-24-44-61(11,73)43-23-42-60(10,72)41-22-40-59(9,71)39-21-38-58(8,70)37-20-36-57(7,69)35-19-34-56(6,68)33-17-28-52(2)3/h16,28-29,54,66-77H,1,17-27,30-51H2,2-15H3/b53-29+/t54-,55+,56-,57-,58+,59-,60-,61-,62-,63-,64-,65-/m1/s1. The van der Waals surface area contributed by atoms with Crippen LogP contribution < -0.4 is 0 Å². The Hall–Kier alpha value is -1.26. The lowest BCUT2D eigenvalue weighted by Crippen LogP contribution is -2.39. The van der Waals surface area contributed by atoms with Crippen molar-refractivity contribution in [3.8, 4) is 0 Å². The number of hydrogen-bond donors (Lipinski definition) is 12. The predicted molar refractivity (Wildman–Crippen MR) is 319 cm³/mol.